The molecular weight excluding hydrogens is 166 g/mol. The molecule has 69 valence electrons. The fourth-order valence-corrected chi connectivity index (χ4v) is 0.852. The molecule has 0 aliphatic heterocycles. The maximum absolute atomic E-state index is 11.0. The molecule has 0 saturated carbocycles. The lowest BCUT2D eigenvalue weighted by molar-refractivity contribution is 0.141. The zero-order chi connectivity index (χ0) is 9.68. The van der Waals surface area contributed by atoms with Crippen LogP contribution in [0.25, 0.3) is 0 Å². The predicted octanol–water partition coefficient (Wildman–Crippen LogP) is 2.46. The quantitative estimate of drug-likeness (QED) is 0.755. The van der Waals surface area contributed by atoms with Crippen molar-refractivity contribution >= 4 is 11.8 Å². The molecule has 0 saturated heterocycles. The van der Waals surface area contributed by atoms with E-state index in [1.165, 1.54) is 0 Å². The molecule has 1 unspecified atom stereocenters. The highest BCUT2D eigenvalue weighted by Gasteiger charge is 2.03. The lowest BCUT2D eigenvalue weighted by Gasteiger charge is -2.08. The third kappa shape index (κ3) is 3.60. The van der Waals surface area contributed by atoms with Crippen molar-refractivity contribution in [2.24, 2.45) is 0 Å². The topological polar surface area (TPSA) is 38.3 Å². The highest BCUT2D eigenvalue weighted by Crippen LogP contribution is 2.05. The molecule has 0 aliphatic carbocycles. The van der Waals surface area contributed by atoms with Crippen LogP contribution in [0.1, 0.15) is 6.92 Å². The first-order chi connectivity index (χ1) is 6.18. The van der Waals surface area contributed by atoms with Gasteiger partial charge in [-0.1, -0.05) is 18.2 Å². The molecule has 0 fully saturated rings. The minimum absolute atomic E-state index is 0.344. The van der Waals surface area contributed by atoms with Crippen LogP contribution in [-0.4, -0.2) is 12.2 Å². The van der Waals surface area contributed by atoms with E-state index >= 15 is 0 Å². The highest BCUT2D eigenvalue weighted by atomic mass is 16.6. The Morgan fingerprint density at radius 3 is 2.62 bits per heavy atom. The minimum atomic E-state index is -0.478. The molecule has 0 heterocycles. The Morgan fingerprint density at radius 1 is 1.46 bits per heavy atom. The average Bonchev–Trinajstić information content (AvgIpc) is 2.04. The van der Waals surface area contributed by atoms with Gasteiger partial charge in [0.05, 0.1) is 0 Å². The Bertz CT molecular complexity index is 270. The number of carbonyl (C=O) groups is 1. The van der Waals surface area contributed by atoms with Gasteiger partial charge >= 0.3 is 6.09 Å². The number of benzene rings is 1. The molecule has 0 aromatic heterocycles. The van der Waals surface area contributed by atoms with Gasteiger partial charge < -0.3 is 4.74 Å². The van der Waals surface area contributed by atoms with Gasteiger partial charge in [0.1, 0.15) is 6.10 Å². The van der Waals surface area contributed by atoms with Crippen LogP contribution < -0.4 is 5.32 Å². The summed E-state index contributed by atoms with van der Waals surface area (Å²) in [4.78, 5) is 11.0. The number of nitrogens with one attached hydrogen (secondary N) is 1. The van der Waals surface area contributed by atoms with E-state index in [9.17, 15) is 4.79 Å². The van der Waals surface area contributed by atoms with Crippen molar-refractivity contribution in [2.45, 2.75) is 13.0 Å². The van der Waals surface area contributed by atoms with Crippen molar-refractivity contribution in [3.63, 3.8) is 0 Å². The monoisotopic (exact) mass is 178 g/mol. The van der Waals surface area contributed by atoms with Crippen molar-refractivity contribution in [3.05, 3.63) is 37.3 Å². The van der Waals surface area contributed by atoms with E-state index in [-0.39, 0.29) is 6.10 Å². The van der Waals surface area contributed by atoms with Gasteiger partial charge in [0.15, 0.2) is 0 Å². The molecular formula is C10H12NO2. The second-order valence-electron chi connectivity index (χ2n) is 2.71. The van der Waals surface area contributed by atoms with Crippen LogP contribution in [0, 0.1) is 6.92 Å². The lowest BCUT2D eigenvalue weighted by Crippen LogP contribution is -2.17. The molecule has 3 nitrogen and oxygen atoms in total. The van der Waals surface area contributed by atoms with Crippen LogP contribution >= 0.6 is 0 Å². The third-order valence-electron chi connectivity index (χ3n) is 1.33. The zero-order valence-electron chi connectivity index (χ0n) is 7.49. The summed E-state index contributed by atoms with van der Waals surface area (Å²) in [5.41, 5.74) is 0.716. The number of ether oxygens (including phenoxy) is 1. The second kappa shape index (κ2) is 4.50. The molecule has 1 radical (unpaired) electrons. The number of hydrogen-bond acceptors (Lipinski definition) is 2. The predicted molar refractivity (Wildman–Crippen MR) is 51.4 cm³/mol. The maximum Gasteiger partial charge on any atom is 0.411 e. The fourth-order valence-electron chi connectivity index (χ4n) is 0.852. The molecule has 0 spiro atoms. The smallest absolute Gasteiger partial charge is 0.411 e. The molecule has 13 heavy (non-hydrogen) atoms. The first kappa shape index (κ1) is 9.58. The highest BCUT2D eigenvalue weighted by molar-refractivity contribution is 5.84. The summed E-state index contributed by atoms with van der Waals surface area (Å²) in [6.07, 6.45) is -0.822. The van der Waals surface area contributed by atoms with Gasteiger partial charge in [-0.25, -0.2) is 4.79 Å². The summed E-state index contributed by atoms with van der Waals surface area (Å²) in [6, 6.07) is 9.12. The van der Waals surface area contributed by atoms with Crippen LogP contribution in [0.4, 0.5) is 10.5 Å². The fraction of sp³-hybridized carbons (Fsp3) is 0.200. The Kier molecular flexibility index (Phi) is 3.31. The molecule has 1 atom stereocenters. The summed E-state index contributed by atoms with van der Waals surface area (Å²) in [5, 5.41) is 2.57. The summed E-state index contributed by atoms with van der Waals surface area (Å²) in [5.74, 6) is 0. The van der Waals surface area contributed by atoms with E-state index in [4.69, 9.17) is 4.74 Å². The van der Waals surface area contributed by atoms with Crippen LogP contribution in [0.3, 0.4) is 0 Å². The lowest BCUT2D eigenvalue weighted by atomic mass is 10.3. The summed E-state index contributed by atoms with van der Waals surface area (Å²) < 4.78 is 4.79. The first-order valence-electron chi connectivity index (χ1n) is 4.04. The van der Waals surface area contributed by atoms with Gasteiger partial charge in [-0.15, -0.1) is 0 Å². The molecule has 3 heteroatoms. The van der Waals surface area contributed by atoms with Crippen molar-refractivity contribution in [2.75, 3.05) is 5.32 Å². The Balaban J connectivity index is 2.46. The molecule has 1 amide bonds. The van der Waals surface area contributed by atoms with E-state index in [2.05, 4.69) is 12.2 Å². The molecule has 0 aliphatic rings. The second-order valence-corrected chi connectivity index (χ2v) is 2.71. The Hall–Kier alpha value is -1.51. The van der Waals surface area contributed by atoms with E-state index in [1.807, 2.05) is 18.2 Å². The molecule has 0 bridgehead atoms. The van der Waals surface area contributed by atoms with Gasteiger partial charge in [0.25, 0.3) is 0 Å². The van der Waals surface area contributed by atoms with E-state index in [1.54, 1.807) is 19.1 Å². The van der Waals surface area contributed by atoms with Gasteiger partial charge in [0.2, 0.25) is 0 Å². The largest absolute Gasteiger partial charge is 0.446 e. The van der Waals surface area contributed by atoms with Crippen molar-refractivity contribution in [1.82, 2.24) is 0 Å². The van der Waals surface area contributed by atoms with Gasteiger partial charge in [-0.3, -0.25) is 5.32 Å². The van der Waals surface area contributed by atoms with Crippen LogP contribution in [-0.2, 0) is 4.74 Å². The van der Waals surface area contributed by atoms with E-state index < -0.39 is 6.09 Å². The van der Waals surface area contributed by atoms with Crippen LogP contribution in [0.2, 0.25) is 0 Å². The average molecular weight is 178 g/mol. The van der Waals surface area contributed by atoms with Crippen molar-refractivity contribution in [1.29, 1.82) is 0 Å². The molecule has 1 aromatic carbocycles. The summed E-state index contributed by atoms with van der Waals surface area (Å²) in [7, 11) is 0. The van der Waals surface area contributed by atoms with Gasteiger partial charge in [-0.2, -0.15) is 0 Å². The van der Waals surface area contributed by atoms with E-state index in [0.717, 1.165) is 0 Å². The molecule has 1 N–H and O–H groups in total. The standard InChI is InChI=1S/C10H12NO2/c1-8(2)13-10(12)11-9-6-4-3-5-7-9/h3-8H,1H2,2H3,(H,11,12). The van der Waals surface area contributed by atoms with Crippen molar-refractivity contribution < 1.29 is 9.53 Å². The van der Waals surface area contributed by atoms with Gasteiger partial charge in [0, 0.05) is 5.69 Å². The number of carbonyl (C=O) groups excluding carboxylic acids is 1. The van der Waals surface area contributed by atoms with Crippen LogP contribution in [0.5, 0.6) is 0 Å². The summed E-state index contributed by atoms with van der Waals surface area (Å²) in [6.45, 7) is 5.24. The number of hydrogen-bond donors (Lipinski definition) is 1. The summed E-state index contributed by atoms with van der Waals surface area (Å²) >= 11 is 0. The third-order valence-corrected chi connectivity index (χ3v) is 1.33. The number of para-hydroxylation sites is 1. The van der Waals surface area contributed by atoms with E-state index in [0.29, 0.717) is 5.69 Å². The zero-order valence-corrected chi connectivity index (χ0v) is 7.49. The maximum atomic E-state index is 11.0. The molecule has 1 aromatic rings. The molecule has 1 rings (SSSR count). The minimum Gasteiger partial charge on any atom is -0.446 e. The SMILES string of the molecule is [CH2]C(C)OC(=O)Nc1ccccc1. The number of amides is 1. The van der Waals surface area contributed by atoms with Crippen LogP contribution in [0.15, 0.2) is 30.3 Å². The Labute approximate surface area is 77.7 Å². The normalized spacial score (nSPS) is 9.77. The van der Waals surface area contributed by atoms with Crippen molar-refractivity contribution in [3.8, 4) is 0 Å². The number of anilines is 1. The first-order valence-corrected chi connectivity index (χ1v) is 4.04. The van der Waals surface area contributed by atoms with Gasteiger partial charge in [-0.05, 0) is 26.0 Å². The number of rotatable bonds is 2. The Morgan fingerprint density at radius 2 is 2.08 bits per heavy atom.